The molecule has 1 heterocycles. The first-order valence-corrected chi connectivity index (χ1v) is 12.9. The van der Waals surface area contributed by atoms with Crippen molar-refractivity contribution in [3.63, 3.8) is 0 Å². The number of anilines is 2. The van der Waals surface area contributed by atoms with Crippen molar-refractivity contribution in [1.82, 2.24) is 5.32 Å². The van der Waals surface area contributed by atoms with Gasteiger partial charge in [0.25, 0.3) is 0 Å². The molecular formula is C22H27Cl2N3O3S. The lowest BCUT2D eigenvalue weighted by atomic mass is 10.2. The number of carbonyl (C=O) groups excluding carboxylic acids is 1. The Hall–Kier alpha value is -1.96. The van der Waals surface area contributed by atoms with E-state index in [1.165, 1.54) is 28.9 Å². The smallest absolute Gasteiger partial charge is 0.232 e. The van der Waals surface area contributed by atoms with Gasteiger partial charge >= 0.3 is 0 Å². The van der Waals surface area contributed by atoms with Gasteiger partial charge in [-0.05, 0) is 55.2 Å². The van der Waals surface area contributed by atoms with E-state index in [1.54, 1.807) is 12.1 Å². The summed E-state index contributed by atoms with van der Waals surface area (Å²) in [6, 6.07) is 12.9. The third-order valence-corrected chi connectivity index (χ3v) is 6.97. The molecule has 6 nitrogen and oxygen atoms in total. The van der Waals surface area contributed by atoms with E-state index in [4.69, 9.17) is 23.2 Å². The lowest BCUT2D eigenvalue weighted by Gasteiger charge is -2.23. The van der Waals surface area contributed by atoms with Crippen LogP contribution < -0.4 is 14.5 Å². The number of benzene rings is 2. The summed E-state index contributed by atoms with van der Waals surface area (Å²) in [4.78, 5) is 14.6. The summed E-state index contributed by atoms with van der Waals surface area (Å²) in [5.74, 6) is -0.130. The quantitative estimate of drug-likeness (QED) is 0.571. The van der Waals surface area contributed by atoms with E-state index < -0.39 is 10.0 Å². The second-order valence-corrected chi connectivity index (χ2v) is 10.4. The molecule has 0 bridgehead atoms. The number of sulfonamides is 1. The lowest BCUT2D eigenvalue weighted by molar-refractivity contribution is -0.121. The zero-order chi connectivity index (χ0) is 22.4. The van der Waals surface area contributed by atoms with Crippen LogP contribution in [0.15, 0.2) is 42.5 Å². The Balaban J connectivity index is 1.49. The fourth-order valence-corrected chi connectivity index (χ4v) is 5.02. The highest BCUT2D eigenvalue weighted by molar-refractivity contribution is 7.92. The van der Waals surface area contributed by atoms with Crippen molar-refractivity contribution in [3.8, 4) is 0 Å². The van der Waals surface area contributed by atoms with Crippen molar-refractivity contribution in [2.75, 3.05) is 35.1 Å². The van der Waals surface area contributed by atoms with Gasteiger partial charge in [-0.25, -0.2) is 8.42 Å². The van der Waals surface area contributed by atoms with E-state index in [2.05, 4.69) is 22.3 Å². The molecule has 9 heteroatoms. The largest absolute Gasteiger partial charge is 0.372 e. The Kier molecular flexibility index (Phi) is 8.08. The Morgan fingerprint density at radius 2 is 1.77 bits per heavy atom. The minimum Gasteiger partial charge on any atom is -0.372 e. The van der Waals surface area contributed by atoms with Crippen LogP contribution in [0.3, 0.4) is 0 Å². The normalized spacial score (nSPS) is 14.0. The summed E-state index contributed by atoms with van der Waals surface area (Å²) >= 11 is 12.2. The molecule has 3 rings (SSSR count). The van der Waals surface area contributed by atoms with E-state index in [1.807, 2.05) is 12.1 Å². The molecule has 2 aromatic rings. The lowest BCUT2D eigenvalue weighted by Crippen LogP contribution is -2.32. The van der Waals surface area contributed by atoms with E-state index >= 15 is 0 Å². The fraction of sp³-hybridized carbons (Fsp3) is 0.409. The molecule has 31 heavy (non-hydrogen) atoms. The summed E-state index contributed by atoms with van der Waals surface area (Å²) in [5, 5.41) is 3.57. The minimum atomic E-state index is -3.57. The van der Waals surface area contributed by atoms with Crippen LogP contribution in [0.2, 0.25) is 10.0 Å². The predicted molar refractivity (Wildman–Crippen MR) is 128 cm³/mol. The maximum atomic E-state index is 12.2. The maximum absolute atomic E-state index is 12.2. The summed E-state index contributed by atoms with van der Waals surface area (Å²) in [6.07, 6.45) is 4.14. The highest BCUT2D eigenvalue weighted by Crippen LogP contribution is 2.30. The van der Waals surface area contributed by atoms with Gasteiger partial charge in [-0.1, -0.05) is 35.3 Å². The standard InChI is InChI=1S/C22H27Cl2N3O3S/c1-31(29,30)27(21-15-18(23)8-11-20(21)24)14-4-5-22(28)25-16-17-6-9-19(10-7-17)26-12-2-3-13-26/h6-11,15H,2-5,12-14,16H2,1H3,(H,25,28). The molecule has 1 saturated heterocycles. The van der Waals surface area contributed by atoms with E-state index in [9.17, 15) is 13.2 Å². The highest BCUT2D eigenvalue weighted by Gasteiger charge is 2.20. The molecule has 0 atom stereocenters. The molecule has 1 fully saturated rings. The summed E-state index contributed by atoms with van der Waals surface area (Å²) in [5.41, 5.74) is 2.56. The summed E-state index contributed by atoms with van der Waals surface area (Å²) < 4.78 is 25.6. The highest BCUT2D eigenvalue weighted by atomic mass is 35.5. The molecule has 0 saturated carbocycles. The Labute approximate surface area is 194 Å². The van der Waals surface area contributed by atoms with Crippen molar-refractivity contribution < 1.29 is 13.2 Å². The first kappa shape index (κ1) is 23.7. The van der Waals surface area contributed by atoms with E-state index in [0.717, 1.165) is 24.9 Å². The molecule has 0 radical (unpaired) electrons. The van der Waals surface area contributed by atoms with Crippen LogP contribution >= 0.6 is 23.2 Å². The summed E-state index contributed by atoms with van der Waals surface area (Å²) in [6.45, 7) is 2.77. The van der Waals surface area contributed by atoms with Crippen LogP contribution in [0, 0.1) is 0 Å². The van der Waals surface area contributed by atoms with Gasteiger partial charge in [0.1, 0.15) is 0 Å². The van der Waals surface area contributed by atoms with Gasteiger partial charge in [-0.15, -0.1) is 0 Å². The van der Waals surface area contributed by atoms with Gasteiger partial charge in [0.05, 0.1) is 17.0 Å². The molecule has 0 spiro atoms. The molecule has 1 N–H and O–H groups in total. The van der Waals surface area contributed by atoms with Crippen LogP contribution in [0.4, 0.5) is 11.4 Å². The number of rotatable bonds is 9. The van der Waals surface area contributed by atoms with Crippen LogP contribution in [0.1, 0.15) is 31.2 Å². The number of carbonyl (C=O) groups is 1. The van der Waals surface area contributed by atoms with Crippen molar-refractivity contribution in [2.24, 2.45) is 0 Å². The van der Waals surface area contributed by atoms with Crippen molar-refractivity contribution in [3.05, 3.63) is 58.1 Å². The average molecular weight is 484 g/mol. The first-order chi connectivity index (χ1) is 14.7. The average Bonchev–Trinajstić information content (AvgIpc) is 3.26. The monoisotopic (exact) mass is 483 g/mol. The van der Waals surface area contributed by atoms with Crippen molar-refractivity contribution >= 4 is 50.5 Å². The third kappa shape index (κ3) is 6.76. The third-order valence-electron chi connectivity index (χ3n) is 5.24. The van der Waals surface area contributed by atoms with Crippen molar-refractivity contribution in [2.45, 2.75) is 32.2 Å². The molecular weight excluding hydrogens is 457 g/mol. The van der Waals surface area contributed by atoms with E-state index in [-0.39, 0.29) is 23.9 Å². The summed E-state index contributed by atoms with van der Waals surface area (Å²) in [7, 11) is -3.57. The minimum absolute atomic E-state index is 0.130. The second-order valence-electron chi connectivity index (χ2n) is 7.67. The number of amides is 1. The predicted octanol–water partition coefficient (Wildman–Crippen LogP) is 4.46. The molecule has 0 aromatic heterocycles. The fourth-order valence-electron chi connectivity index (χ4n) is 3.61. The van der Waals surface area contributed by atoms with Gasteiger partial charge in [0.15, 0.2) is 0 Å². The Bertz CT molecular complexity index is 1010. The van der Waals surface area contributed by atoms with Crippen LogP contribution in [-0.2, 0) is 21.4 Å². The van der Waals surface area contributed by atoms with Crippen molar-refractivity contribution in [1.29, 1.82) is 0 Å². The van der Waals surface area contributed by atoms with Gasteiger partial charge in [0, 0.05) is 43.3 Å². The maximum Gasteiger partial charge on any atom is 0.232 e. The number of nitrogens with zero attached hydrogens (tertiary/aromatic N) is 2. The van der Waals surface area contributed by atoms with Gasteiger partial charge in [-0.3, -0.25) is 9.10 Å². The van der Waals surface area contributed by atoms with Crippen LogP contribution in [0.25, 0.3) is 0 Å². The zero-order valence-corrected chi connectivity index (χ0v) is 19.8. The number of halogens is 2. The SMILES string of the molecule is CS(=O)(=O)N(CCCC(=O)NCc1ccc(N2CCCC2)cc1)c1cc(Cl)ccc1Cl. The van der Waals surface area contributed by atoms with Crippen LogP contribution in [0.5, 0.6) is 0 Å². The molecule has 0 aliphatic carbocycles. The number of hydrogen-bond acceptors (Lipinski definition) is 4. The number of hydrogen-bond donors (Lipinski definition) is 1. The van der Waals surface area contributed by atoms with Gasteiger partial charge in [-0.2, -0.15) is 0 Å². The second kappa shape index (κ2) is 10.6. The zero-order valence-electron chi connectivity index (χ0n) is 17.5. The molecule has 2 aromatic carbocycles. The molecule has 1 amide bonds. The molecule has 1 aliphatic heterocycles. The van der Waals surface area contributed by atoms with Gasteiger partial charge in [0.2, 0.25) is 15.9 Å². The van der Waals surface area contributed by atoms with E-state index in [0.29, 0.717) is 23.7 Å². The molecule has 0 unspecified atom stereocenters. The first-order valence-electron chi connectivity index (χ1n) is 10.3. The number of nitrogens with one attached hydrogen (secondary N) is 1. The molecule has 1 aliphatic rings. The molecule has 168 valence electrons. The Morgan fingerprint density at radius 3 is 2.42 bits per heavy atom. The topological polar surface area (TPSA) is 69.7 Å². The van der Waals surface area contributed by atoms with Crippen LogP contribution in [-0.4, -0.2) is 40.2 Å². The Morgan fingerprint density at radius 1 is 1.10 bits per heavy atom. The van der Waals surface area contributed by atoms with Gasteiger partial charge < -0.3 is 10.2 Å².